The molecule has 0 saturated carbocycles. The molecule has 2 amide bonds. The molecule has 7 heteroatoms. The molecule has 3 aliphatic rings. The minimum Gasteiger partial charge on any atom is -0.454 e. The predicted molar refractivity (Wildman–Crippen MR) is 115 cm³/mol. The molecule has 3 heterocycles. The molecule has 0 spiro atoms. The van der Waals surface area contributed by atoms with Crippen LogP contribution in [0.5, 0.6) is 11.5 Å². The molecule has 7 nitrogen and oxygen atoms in total. The zero-order valence-electron chi connectivity index (χ0n) is 17.8. The minimum atomic E-state index is -0.250. The number of amides is 2. The Kier molecular flexibility index (Phi) is 4.90. The smallest absolute Gasteiger partial charge is 0.278 e. The van der Waals surface area contributed by atoms with Crippen molar-refractivity contribution in [3.8, 4) is 11.5 Å². The number of imide groups is 1. The summed E-state index contributed by atoms with van der Waals surface area (Å²) in [5.41, 5.74) is 3.73. The number of ether oxygens (including phenoxy) is 2. The third-order valence-corrected chi connectivity index (χ3v) is 6.08. The molecule has 2 aromatic rings. The number of benzene rings is 2. The number of hydrogen-bond acceptors (Lipinski definition) is 6. The van der Waals surface area contributed by atoms with Gasteiger partial charge in [0.2, 0.25) is 6.79 Å². The number of aryl methyl sites for hydroxylation is 1. The summed E-state index contributed by atoms with van der Waals surface area (Å²) in [5.74, 6) is 0.838. The topological polar surface area (TPSA) is 62.3 Å². The van der Waals surface area contributed by atoms with Gasteiger partial charge in [-0.25, -0.2) is 0 Å². The van der Waals surface area contributed by atoms with Crippen LogP contribution in [0.3, 0.4) is 0 Å². The molecule has 0 aliphatic carbocycles. The number of carbonyl (C=O) groups is 2. The summed E-state index contributed by atoms with van der Waals surface area (Å²) in [7, 11) is 2.07. The Hall–Kier alpha value is -3.32. The number of hydrogen-bond donors (Lipinski definition) is 0. The van der Waals surface area contributed by atoms with E-state index in [1.54, 1.807) is 0 Å². The molecule has 1 saturated heterocycles. The number of likely N-dealkylation sites (N-methyl/N-ethyl adjacent to an activating group) is 1. The first-order valence-corrected chi connectivity index (χ1v) is 10.5. The van der Waals surface area contributed by atoms with Gasteiger partial charge in [-0.15, -0.1) is 0 Å². The number of carbonyl (C=O) groups excluding carboxylic acids is 2. The highest BCUT2D eigenvalue weighted by Gasteiger charge is 2.42. The standard InChI is InChI=1S/C24H25N3O4/c1-16-3-6-18(7-4-16)21-22(26-11-9-25(2)10-12-26)24(29)27(23(21)28)14-17-5-8-19-20(13-17)31-15-30-19/h3-8,13H,9-12,14-15H2,1-2H3. The molecule has 1 fully saturated rings. The van der Waals surface area contributed by atoms with E-state index in [1.165, 1.54) is 4.90 Å². The van der Waals surface area contributed by atoms with Crippen LogP contribution in [0.25, 0.3) is 5.57 Å². The van der Waals surface area contributed by atoms with Crippen LogP contribution in [0.1, 0.15) is 16.7 Å². The largest absolute Gasteiger partial charge is 0.454 e. The summed E-state index contributed by atoms with van der Waals surface area (Å²) in [4.78, 5) is 32.7. The van der Waals surface area contributed by atoms with Crippen LogP contribution in [-0.4, -0.2) is 66.5 Å². The van der Waals surface area contributed by atoms with E-state index in [0.29, 0.717) is 22.8 Å². The summed E-state index contributed by atoms with van der Waals surface area (Å²) in [6.07, 6.45) is 0. The SMILES string of the molecule is Cc1ccc(C2=C(N3CCN(C)CC3)C(=O)N(Cc3ccc4c(c3)OCO4)C2=O)cc1. The third kappa shape index (κ3) is 3.55. The van der Waals surface area contributed by atoms with E-state index in [9.17, 15) is 9.59 Å². The Morgan fingerprint density at radius 2 is 1.58 bits per heavy atom. The molecule has 2 aromatic carbocycles. The Labute approximate surface area is 181 Å². The quantitative estimate of drug-likeness (QED) is 0.709. The van der Waals surface area contributed by atoms with Crippen molar-refractivity contribution in [1.82, 2.24) is 14.7 Å². The molecule has 31 heavy (non-hydrogen) atoms. The van der Waals surface area contributed by atoms with Gasteiger partial charge >= 0.3 is 0 Å². The molecular formula is C24H25N3O4. The Balaban J connectivity index is 1.49. The Bertz CT molecular complexity index is 1070. The summed E-state index contributed by atoms with van der Waals surface area (Å²) in [5, 5.41) is 0. The van der Waals surface area contributed by atoms with Crippen LogP contribution in [0, 0.1) is 6.92 Å². The van der Waals surface area contributed by atoms with Gasteiger partial charge in [0.05, 0.1) is 12.1 Å². The Morgan fingerprint density at radius 1 is 0.871 bits per heavy atom. The molecule has 0 N–H and O–H groups in total. The summed E-state index contributed by atoms with van der Waals surface area (Å²) in [6, 6.07) is 13.3. The number of fused-ring (bicyclic) bond motifs is 1. The van der Waals surface area contributed by atoms with Crippen molar-refractivity contribution in [3.63, 3.8) is 0 Å². The van der Waals surface area contributed by atoms with E-state index in [1.807, 2.05) is 49.4 Å². The van der Waals surface area contributed by atoms with Crippen molar-refractivity contribution in [2.75, 3.05) is 40.0 Å². The molecule has 160 valence electrons. The molecule has 5 rings (SSSR count). The van der Waals surface area contributed by atoms with E-state index in [-0.39, 0.29) is 25.2 Å². The molecule has 0 unspecified atom stereocenters. The zero-order valence-corrected chi connectivity index (χ0v) is 17.8. The summed E-state index contributed by atoms with van der Waals surface area (Å²) >= 11 is 0. The fourth-order valence-corrected chi connectivity index (χ4v) is 4.23. The van der Waals surface area contributed by atoms with Crippen molar-refractivity contribution in [3.05, 3.63) is 64.9 Å². The van der Waals surface area contributed by atoms with E-state index < -0.39 is 0 Å². The first-order chi connectivity index (χ1) is 15.0. The van der Waals surface area contributed by atoms with Crippen LogP contribution in [0.2, 0.25) is 0 Å². The highest BCUT2D eigenvalue weighted by atomic mass is 16.7. The molecule has 3 aliphatic heterocycles. The highest BCUT2D eigenvalue weighted by molar-refractivity contribution is 6.35. The summed E-state index contributed by atoms with van der Waals surface area (Å²) < 4.78 is 10.8. The summed E-state index contributed by atoms with van der Waals surface area (Å²) in [6.45, 7) is 5.54. The van der Waals surface area contributed by atoms with Crippen LogP contribution in [0.4, 0.5) is 0 Å². The second-order valence-corrected chi connectivity index (χ2v) is 8.26. The molecule has 0 radical (unpaired) electrons. The van der Waals surface area contributed by atoms with Crippen molar-refractivity contribution >= 4 is 17.4 Å². The normalized spacial score (nSPS) is 19.0. The maximum Gasteiger partial charge on any atom is 0.278 e. The average Bonchev–Trinajstić information content (AvgIpc) is 3.33. The van der Waals surface area contributed by atoms with Gasteiger partial charge in [0.15, 0.2) is 11.5 Å². The minimum absolute atomic E-state index is 0.188. The van der Waals surface area contributed by atoms with Gasteiger partial charge in [-0.05, 0) is 37.2 Å². The lowest BCUT2D eigenvalue weighted by molar-refractivity contribution is -0.138. The van der Waals surface area contributed by atoms with Crippen molar-refractivity contribution in [2.45, 2.75) is 13.5 Å². The lowest BCUT2D eigenvalue weighted by Crippen LogP contribution is -2.46. The second-order valence-electron chi connectivity index (χ2n) is 8.26. The number of rotatable bonds is 4. The highest BCUT2D eigenvalue weighted by Crippen LogP contribution is 2.36. The fourth-order valence-electron chi connectivity index (χ4n) is 4.23. The van der Waals surface area contributed by atoms with E-state index in [4.69, 9.17) is 9.47 Å². The maximum absolute atomic E-state index is 13.5. The van der Waals surface area contributed by atoms with Gasteiger partial charge in [-0.2, -0.15) is 0 Å². The van der Waals surface area contributed by atoms with E-state index in [0.717, 1.165) is 42.9 Å². The van der Waals surface area contributed by atoms with Gasteiger partial charge in [0.25, 0.3) is 11.8 Å². The number of nitrogens with zero attached hydrogens (tertiary/aromatic N) is 3. The first-order valence-electron chi connectivity index (χ1n) is 10.5. The van der Waals surface area contributed by atoms with Crippen LogP contribution < -0.4 is 9.47 Å². The zero-order chi connectivity index (χ0) is 21.5. The van der Waals surface area contributed by atoms with Gasteiger partial charge in [0, 0.05) is 26.2 Å². The maximum atomic E-state index is 13.5. The average molecular weight is 419 g/mol. The second kappa shape index (κ2) is 7.74. The van der Waals surface area contributed by atoms with Gasteiger partial charge in [-0.1, -0.05) is 35.9 Å². The van der Waals surface area contributed by atoms with Crippen molar-refractivity contribution < 1.29 is 19.1 Å². The van der Waals surface area contributed by atoms with Crippen molar-refractivity contribution in [2.24, 2.45) is 0 Å². The molecule has 0 atom stereocenters. The van der Waals surface area contributed by atoms with E-state index >= 15 is 0 Å². The molecular weight excluding hydrogens is 394 g/mol. The lowest BCUT2D eigenvalue weighted by atomic mass is 10.0. The van der Waals surface area contributed by atoms with Crippen LogP contribution >= 0.6 is 0 Å². The fraction of sp³-hybridized carbons (Fsp3) is 0.333. The molecule has 0 bridgehead atoms. The molecule has 0 aromatic heterocycles. The van der Waals surface area contributed by atoms with Crippen molar-refractivity contribution in [1.29, 1.82) is 0 Å². The predicted octanol–water partition coefficient (Wildman–Crippen LogP) is 2.25. The van der Waals surface area contributed by atoms with Gasteiger partial charge in [0.1, 0.15) is 5.70 Å². The van der Waals surface area contributed by atoms with Crippen LogP contribution in [-0.2, 0) is 16.1 Å². The Morgan fingerprint density at radius 3 is 2.32 bits per heavy atom. The number of piperazine rings is 1. The third-order valence-electron chi connectivity index (χ3n) is 6.08. The lowest BCUT2D eigenvalue weighted by Gasteiger charge is -2.34. The van der Waals surface area contributed by atoms with Crippen LogP contribution in [0.15, 0.2) is 48.2 Å². The first kappa shape index (κ1) is 19.6. The monoisotopic (exact) mass is 419 g/mol. The van der Waals surface area contributed by atoms with E-state index in [2.05, 4.69) is 16.8 Å². The van der Waals surface area contributed by atoms with Gasteiger partial charge in [-0.3, -0.25) is 14.5 Å². The van der Waals surface area contributed by atoms with Gasteiger partial charge < -0.3 is 19.3 Å².